The van der Waals surface area contributed by atoms with E-state index in [0.29, 0.717) is 5.92 Å². The van der Waals surface area contributed by atoms with Crippen molar-refractivity contribution in [2.24, 2.45) is 11.8 Å². The Kier molecular flexibility index (Phi) is 4.91. The molecule has 0 radical (unpaired) electrons. The van der Waals surface area contributed by atoms with E-state index in [1.165, 1.54) is 78.9 Å². The first-order valence-electron chi connectivity index (χ1n) is 10.8. The third-order valence-corrected chi connectivity index (χ3v) is 7.58. The van der Waals surface area contributed by atoms with Gasteiger partial charge in [-0.2, -0.15) is 0 Å². The van der Waals surface area contributed by atoms with Gasteiger partial charge in [-0.15, -0.1) is 0 Å². The smallest absolute Gasteiger partial charge is 0.0292 e. The van der Waals surface area contributed by atoms with E-state index in [9.17, 15) is 0 Å². The Bertz CT molecular complexity index is 822. The van der Waals surface area contributed by atoms with E-state index in [0.717, 1.165) is 25.4 Å². The Balaban J connectivity index is 1.32. The van der Waals surface area contributed by atoms with Gasteiger partial charge < -0.3 is 9.88 Å². The maximum Gasteiger partial charge on any atom is 0.0292 e. The molecule has 3 heteroatoms. The molecule has 1 fully saturated rings. The summed E-state index contributed by atoms with van der Waals surface area (Å²) in [6.45, 7) is 3.55. The molecular weight excluding hydrogens is 348 g/mol. The summed E-state index contributed by atoms with van der Waals surface area (Å²) in [5, 5.41) is 0. The number of H-pyrrole nitrogens is 1. The summed E-state index contributed by atoms with van der Waals surface area (Å²) in [5.74, 6) is 1.33. The second-order valence-corrected chi connectivity index (χ2v) is 9.20. The predicted octanol–water partition coefficient (Wildman–Crippen LogP) is 4.74. The van der Waals surface area contributed by atoms with Gasteiger partial charge in [-0.3, -0.25) is 0 Å². The van der Waals surface area contributed by atoms with Crippen molar-refractivity contribution in [3.8, 4) is 0 Å². The van der Waals surface area contributed by atoms with Gasteiger partial charge >= 0.3 is 0 Å². The van der Waals surface area contributed by atoms with Crippen LogP contribution in [0.25, 0.3) is 0 Å². The fraction of sp³-hybridized carbons (Fsp3) is 0.542. The maximum atomic E-state index is 6.13. The van der Waals surface area contributed by atoms with E-state index >= 15 is 0 Å². The molecule has 0 spiro atoms. The number of likely N-dealkylation sites (tertiary alicyclic amines) is 1. The number of nitrogens with one attached hydrogen (secondary N) is 1. The van der Waals surface area contributed by atoms with Crippen molar-refractivity contribution < 1.29 is 0 Å². The van der Waals surface area contributed by atoms with Crippen molar-refractivity contribution in [1.82, 2.24) is 9.88 Å². The van der Waals surface area contributed by atoms with Crippen LogP contribution in [0, 0.1) is 11.8 Å². The summed E-state index contributed by atoms with van der Waals surface area (Å²) >= 11 is 6.13. The molecule has 27 heavy (non-hydrogen) atoms. The highest BCUT2D eigenvalue weighted by molar-refractivity contribution is 7.80. The molecule has 5 rings (SSSR count). The topological polar surface area (TPSA) is 19.0 Å². The van der Waals surface area contributed by atoms with E-state index in [2.05, 4.69) is 40.2 Å². The number of benzene rings is 1. The average Bonchev–Trinajstić information content (AvgIpc) is 2.89. The summed E-state index contributed by atoms with van der Waals surface area (Å²) < 4.78 is 0. The molecule has 2 nitrogen and oxygen atoms in total. The van der Waals surface area contributed by atoms with Crippen LogP contribution in [0.15, 0.2) is 30.3 Å². The van der Waals surface area contributed by atoms with Crippen LogP contribution in [0.1, 0.15) is 53.8 Å². The zero-order chi connectivity index (χ0) is 18.2. The van der Waals surface area contributed by atoms with Crippen molar-refractivity contribution in [3.05, 3.63) is 58.4 Å². The Morgan fingerprint density at radius 2 is 1.89 bits per heavy atom. The number of aromatic amines is 1. The molecule has 142 valence electrons. The van der Waals surface area contributed by atoms with Gasteiger partial charge in [0.25, 0.3) is 0 Å². The van der Waals surface area contributed by atoms with E-state index in [1.54, 1.807) is 5.56 Å². The molecule has 2 aliphatic carbocycles. The SMILES string of the molecule is S=C1c2c([nH]c3c2CCCCC3)C[C@@H]2CCN(CCc3ccccc3)C[C@@H]12. The minimum absolute atomic E-state index is 0.583. The van der Waals surface area contributed by atoms with Gasteiger partial charge in [0.1, 0.15) is 0 Å². The van der Waals surface area contributed by atoms with E-state index < -0.39 is 0 Å². The third kappa shape index (κ3) is 3.40. The van der Waals surface area contributed by atoms with Gasteiger partial charge in [0.2, 0.25) is 0 Å². The zero-order valence-corrected chi connectivity index (χ0v) is 17.0. The minimum Gasteiger partial charge on any atom is -0.361 e. The molecule has 2 aromatic rings. The van der Waals surface area contributed by atoms with Crippen molar-refractivity contribution in [2.75, 3.05) is 19.6 Å². The number of fused-ring (bicyclic) bond motifs is 4. The Hall–Kier alpha value is -1.45. The molecule has 2 atom stereocenters. The Morgan fingerprint density at radius 1 is 1.04 bits per heavy atom. The molecule has 2 heterocycles. The minimum atomic E-state index is 0.583. The lowest BCUT2D eigenvalue weighted by Crippen LogP contribution is -2.47. The molecule has 0 bridgehead atoms. The number of thiocarbonyl (C=S) groups is 1. The second kappa shape index (κ2) is 7.52. The standard InChI is InChI=1S/C24H30N2S/c27-24-20-16-26(13-11-17-7-3-1-4-8-17)14-12-18(20)15-22-23(24)19-9-5-2-6-10-21(19)25-22/h1,3-4,7-8,18,20,25H,2,5-6,9-16H2/t18-,20+/m0/s1. The molecule has 1 aromatic heterocycles. The highest BCUT2D eigenvalue weighted by atomic mass is 32.1. The highest BCUT2D eigenvalue weighted by Gasteiger charge is 2.39. The second-order valence-electron chi connectivity index (χ2n) is 8.76. The Morgan fingerprint density at radius 3 is 2.78 bits per heavy atom. The lowest BCUT2D eigenvalue weighted by Gasteiger charge is -2.41. The molecule has 1 saturated heterocycles. The maximum absolute atomic E-state index is 6.13. The third-order valence-electron chi connectivity index (χ3n) is 7.07. The number of rotatable bonds is 3. The van der Waals surface area contributed by atoms with Crippen molar-refractivity contribution in [3.63, 3.8) is 0 Å². The molecular formula is C24H30N2S. The fourth-order valence-corrected chi connectivity index (χ4v) is 6.08. The summed E-state index contributed by atoms with van der Waals surface area (Å²) in [4.78, 5) is 7.76. The lowest BCUT2D eigenvalue weighted by molar-refractivity contribution is 0.153. The zero-order valence-electron chi connectivity index (χ0n) is 16.2. The van der Waals surface area contributed by atoms with Crippen LogP contribution in [-0.4, -0.2) is 34.4 Å². The van der Waals surface area contributed by atoms with Crippen LogP contribution in [0.4, 0.5) is 0 Å². The van der Waals surface area contributed by atoms with Crippen LogP contribution >= 0.6 is 12.2 Å². The molecule has 1 aromatic carbocycles. The van der Waals surface area contributed by atoms with E-state index in [1.807, 2.05) is 0 Å². The van der Waals surface area contributed by atoms with Gasteiger partial charge in [-0.25, -0.2) is 0 Å². The van der Waals surface area contributed by atoms with E-state index in [-0.39, 0.29) is 0 Å². The number of hydrogen-bond acceptors (Lipinski definition) is 2. The van der Waals surface area contributed by atoms with Crippen LogP contribution < -0.4 is 0 Å². The monoisotopic (exact) mass is 378 g/mol. The van der Waals surface area contributed by atoms with Crippen molar-refractivity contribution in [2.45, 2.75) is 51.4 Å². The van der Waals surface area contributed by atoms with Gasteiger partial charge in [-0.1, -0.05) is 49.0 Å². The lowest BCUT2D eigenvalue weighted by atomic mass is 9.73. The molecule has 1 aliphatic heterocycles. The first kappa shape index (κ1) is 17.6. The van der Waals surface area contributed by atoms with Gasteiger partial charge in [-0.05, 0) is 68.5 Å². The number of aryl methyl sites for hydroxylation is 1. The van der Waals surface area contributed by atoms with Crippen LogP contribution in [0.3, 0.4) is 0 Å². The normalized spacial score (nSPS) is 25.4. The molecule has 1 N–H and O–H groups in total. The number of piperidine rings is 1. The number of nitrogens with zero attached hydrogens (tertiary/aromatic N) is 1. The van der Waals surface area contributed by atoms with Gasteiger partial charge in [0.15, 0.2) is 0 Å². The van der Waals surface area contributed by atoms with Crippen LogP contribution in [0.2, 0.25) is 0 Å². The van der Waals surface area contributed by atoms with Crippen LogP contribution in [-0.2, 0) is 25.7 Å². The largest absolute Gasteiger partial charge is 0.361 e. The van der Waals surface area contributed by atoms with Gasteiger partial charge in [0.05, 0.1) is 0 Å². The Labute approximate surface area is 168 Å². The molecule has 0 saturated carbocycles. The first-order valence-corrected chi connectivity index (χ1v) is 11.2. The van der Waals surface area contributed by atoms with E-state index in [4.69, 9.17) is 12.2 Å². The molecule has 0 unspecified atom stereocenters. The van der Waals surface area contributed by atoms with Gasteiger partial charge in [0, 0.05) is 40.8 Å². The van der Waals surface area contributed by atoms with Crippen molar-refractivity contribution in [1.29, 1.82) is 0 Å². The average molecular weight is 379 g/mol. The molecule has 0 amide bonds. The summed E-state index contributed by atoms with van der Waals surface area (Å²) in [5.41, 5.74) is 7.51. The van der Waals surface area contributed by atoms with Crippen LogP contribution in [0.5, 0.6) is 0 Å². The molecule has 3 aliphatic rings. The highest BCUT2D eigenvalue weighted by Crippen LogP contribution is 2.40. The quantitative estimate of drug-likeness (QED) is 0.614. The number of aromatic nitrogens is 1. The summed E-state index contributed by atoms with van der Waals surface area (Å²) in [6, 6.07) is 10.9. The summed E-state index contributed by atoms with van der Waals surface area (Å²) in [6.07, 6.45) is 10.2. The predicted molar refractivity (Wildman–Crippen MR) is 116 cm³/mol. The first-order chi connectivity index (χ1) is 13.3. The number of hydrogen-bond donors (Lipinski definition) is 1. The van der Waals surface area contributed by atoms with Crippen molar-refractivity contribution >= 4 is 17.1 Å². The fourth-order valence-electron chi connectivity index (χ4n) is 5.57. The summed E-state index contributed by atoms with van der Waals surface area (Å²) in [7, 11) is 0.